The van der Waals surface area contributed by atoms with Gasteiger partial charge >= 0.3 is 5.97 Å². The van der Waals surface area contributed by atoms with Crippen molar-refractivity contribution in [2.45, 2.75) is 76.0 Å². The van der Waals surface area contributed by atoms with Gasteiger partial charge in [-0.15, -0.1) is 0 Å². The minimum absolute atomic E-state index is 0.289. The average molecular weight is 477 g/mol. The number of carbonyl (C=O) groups excluding carboxylic acids is 3. The smallest absolute Gasteiger partial charge is 0.325 e. The summed E-state index contributed by atoms with van der Waals surface area (Å²) >= 11 is 1.57. The van der Waals surface area contributed by atoms with Gasteiger partial charge in [0, 0.05) is 0 Å². The van der Waals surface area contributed by atoms with Crippen LogP contribution in [0.4, 0.5) is 0 Å². The normalized spacial score (nSPS) is 14.7. The van der Waals surface area contributed by atoms with Crippen LogP contribution in [0, 0.1) is 0 Å². The molecule has 3 amide bonds. The topological polar surface area (TPSA) is 203 Å². The zero-order valence-electron chi connectivity index (χ0n) is 19.1. The Labute approximate surface area is 194 Å². The monoisotopic (exact) mass is 476 g/mol. The van der Waals surface area contributed by atoms with Crippen LogP contribution in [0.15, 0.2) is 0 Å². The van der Waals surface area contributed by atoms with Crippen LogP contribution >= 0.6 is 11.8 Å². The first-order valence-electron chi connectivity index (χ1n) is 11.0. The number of hydrogen-bond acceptors (Lipinski definition) is 8. The molecule has 11 nitrogen and oxygen atoms in total. The lowest BCUT2D eigenvalue weighted by atomic mass is 10.0. The summed E-state index contributed by atoms with van der Waals surface area (Å²) < 4.78 is 0. The second-order valence-corrected chi connectivity index (χ2v) is 8.63. The van der Waals surface area contributed by atoms with Gasteiger partial charge in [-0.05, 0) is 77.0 Å². The van der Waals surface area contributed by atoms with Gasteiger partial charge in [0.1, 0.15) is 18.1 Å². The Balaban J connectivity index is 5.29. The molecule has 0 radical (unpaired) electrons. The van der Waals surface area contributed by atoms with Crippen LogP contribution in [0.1, 0.15) is 51.9 Å². The van der Waals surface area contributed by atoms with E-state index in [4.69, 9.17) is 22.3 Å². The summed E-state index contributed by atoms with van der Waals surface area (Å²) in [4.78, 5) is 49.0. The molecule has 0 aromatic heterocycles. The van der Waals surface area contributed by atoms with Gasteiger partial charge in [-0.2, -0.15) is 11.8 Å². The van der Waals surface area contributed by atoms with Crippen LogP contribution < -0.4 is 33.2 Å². The van der Waals surface area contributed by atoms with Crippen molar-refractivity contribution in [3.8, 4) is 0 Å². The lowest BCUT2D eigenvalue weighted by Gasteiger charge is -2.25. The largest absolute Gasteiger partial charge is 0.480 e. The summed E-state index contributed by atoms with van der Waals surface area (Å²) in [5.41, 5.74) is 17.0. The van der Waals surface area contributed by atoms with Crippen LogP contribution in [-0.2, 0) is 19.2 Å². The maximum Gasteiger partial charge on any atom is 0.325 e. The van der Waals surface area contributed by atoms with Crippen molar-refractivity contribution in [3.63, 3.8) is 0 Å². The number of nitrogens with one attached hydrogen (secondary N) is 3. The number of amides is 3. The van der Waals surface area contributed by atoms with E-state index in [1.54, 1.807) is 11.8 Å². The van der Waals surface area contributed by atoms with Crippen molar-refractivity contribution >= 4 is 35.5 Å². The predicted octanol–water partition coefficient (Wildman–Crippen LogP) is -1.12. The zero-order valence-corrected chi connectivity index (χ0v) is 19.9. The fourth-order valence-corrected chi connectivity index (χ4v) is 3.32. The zero-order chi connectivity index (χ0) is 24.5. The van der Waals surface area contributed by atoms with Crippen molar-refractivity contribution in [3.05, 3.63) is 0 Å². The van der Waals surface area contributed by atoms with Gasteiger partial charge in [0.2, 0.25) is 17.7 Å². The van der Waals surface area contributed by atoms with Crippen molar-refractivity contribution in [2.24, 2.45) is 17.2 Å². The Morgan fingerprint density at radius 2 is 1.28 bits per heavy atom. The molecule has 0 saturated carbocycles. The van der Waals surface area contributed by atoms with Crippen molar-refractivity contribution in [1.29, 1.82) is 0 Å². The van der Waals surface area contributed by atoms with Gasteiger partial charge in [-0.25, -0.2) is 0 Å². The number of nitrogens with two attached hydrogens (primary N) is 3. The first-order valence-corrected chi connectivity index (χ1v) is 12.4. The Morgan fingerprint density at radius 3 is 1.72 bits per heavy atom. The van der Waals surface area contributed by atoms with E-state index in [0.717, 1.165) is 0 Å². The number of unbranched alkanes of at least 4 members (excludes halogenated alkanes) is 2. The van der Waals surface area contributed by atoms with Crippen LogP contribution in [-0.4, -0.2) is 78.1 Å². The molecular weight excluding hydrogens is 436 g/mol. The third kappa shape index (κ3) is 12.8. The van der Waals surface area contributed by atoms with Gasteiger partial charge < -0.3 is 38.3 Å². The SMILES string of the molecule is CSCCC(N)C(=O)NC(CCCCN)C(=O)NC(CCCCN)C(=O)NC(C)C(=O)O. The van der Waals surface area contributed by atoms with E-state index in [9.17, 15) is 19.2 Å². The number of thioether (sulfide) groups is 1. The molecule has 0 bridgehead atoms. The summed E-state index contributed by atoms with van der Waals surface area (Å²) in [7, 11) is 0. The van der Waals surface area contributed by atoms with Gasteiger partial charge in [0.05, 0.1) is 6.04 Å². The van der Waals surface area contributed by atoms with E-state index in [1.165, 1.54) is 6.92 Å². The number of rotatable bonds is 18. The summed E-state index contributed by atoms with van der Waals surface area (Å²) in [6.45, 7) is 2.22. The van der Waals surface area contributed by atoms with Gasteiger partial charge in [-0.1, -0.05) is 0 Å². The summed E-state index contributed by atoms with van der Waals surface area (Å²) in [5.74, 6) is -2.03. The molecule has 4 unspecified atom stereocenters. The molecule has 0 heterocycles. The van der Waals surface area contributed by atoms with Crippen LogP contribution in [0.25, 0.3) is 0 Å². The number of hydrogen-bond donors (Lipinski definition) is 7. The van der Waals surface area contributed by atoms with E-state index in [1.807, 2.05) is 6.26 Å². The summed E-state index contributed by atoms with van der Waals surface area (Å²) in [6.07, 6.45) is 5.51. The standard InChI is InChI=1S/C20H40N6O5S/c1-13(20(30)31)24-18(28)15(7-3-5-10-21)26-19(29)16(8-4-6-11-22)25-17(27)14(23)9-12-32-2/h13-16H,3-12,21-23H2,1-2H3,(H,24,28)(H,25,27)(H,26,29)(H,30,31). The molecule has 0 fully saturated rings. The fourth-order valence-electron chi connectivity index (χ4n) is 2.83. The molecule has 0 rings (SSSR count). The van der Waals surface area contributed by atoms with Crippen LogP contribution in [0.3, 0.4) is 0 Å². The van der Waals surface area contributed by atoms with Crippen molar-refractivity contribution in [1.82, 2.24) is 16.0 Å². The van der Waals surface area contributed by atoms with Crippen molar-refractivity contribution in [2.75, 3.05) is 25.1 Å². The molecule has 0 aliphatic carbocycles. The Bertz CT molecular complexity index is 595. The molecule has 0 aromatic rings. The lowest BCUT2D eigenvalue weighted by Crippen LogP contribution is -2.56. The van der Waals surface area contributed by atoms with Crippen LogP contribution in [0.2, 0.25) is 0 Å². The summed E-state index contributed by atoms with van der Waals surface area (Å²) in [5, 5.41) is 16.8. The van der Waals surface area contributed by atoms with Gasteiger partial charge in [0.25, 0.3) is 0 Å². The van der Waals surface area contributed by atoms with Crippen molar-refractivity contribution < 1.29 is 24.3 Å². The second kappa shape index (κ2) is 17.6. The minimum Gasteiger partial charge on any atom is -0.480 e. The first-order chi connectivity index (χ1) is 15.2. The molecule has 0 aliphatic rings. The molecule has 4 atom stereocenters. The number of carbonyl (C=O) groups is 4. The molecule has 0 aromatic carbocycles. The minimum atomic E-state index is -1.18. The molecule has 186 valence electrons. The van der Waals surface area contributed by atoms with E-state index < -0.39 is 47.9 Å². The molecule has 32 heavy (non-hydrogen) atoms. The summed E-state index contributed by atoms with van der Waals surface area (Å²) in [6, 6.07) is -3.68. The molecular formula is C20H40N6O5S. The van der Waals surface area contributed by atoms with E-state index in [0.29, 0.717) is 57.4 Å². The maximum absolute atomic E-state index is 13.0. The third-order valence-corrected chi connectivity index (χ3v) is 5.50. The van der Waals surface area contributed by atoms with E-state index in [2.05, 4.69) is 16.0 Å². The van der Waals surface area contributed by atoms with Crippen LogP contribution in [0.5, 0.6) is 0 Å². The highest BCUT2D eigenvalue weighted by atomic mass is 32.2. The van der Waals surface area contributed by atoms with E-state index in [-0.39, 0.29) is 6.42 Å². The Kier molecular flexibility index (Phi) is 16.6. The highest BCUT2D eigenvalue weighted by Crippen LogP contribution is 2.07. The predicted molar refractivity (Wildman–Crippen MR) is 126 cm³/mol. The number of aliphatic carboxylic acids is 1. The molecule has 0 spiro atoms. The quantitative estimate of drug-likeness (QED) is 0.120. The fraction of sp³-hybridized carbons (Fsp3) is 0.800. The average Bonchev–Trinajstić information content (AvgIpc) is 2.75. The number of carboxylic acid groups (broad SMARTS) is 1. The van der Waals surface area contributed by atoms with Gasteiger partial charge in [0.15, 0.2) is 0 Å². The molecule has 10 N–H and O–H groups in total. The first kappa shape index (κ1) is 30.1. The number of carboxylic acids is 1. The Hall–Kier alpha value is -1.89. The highest BCUT2D eigenvalue weighted by molar-refractivity contribution is 7.98. The lowest BCUT2D eigenvalue weighted by molar-refractivity contribution is -0.141. The third-order valence-electron chi connectivity index (χ3n) is 4.86. The molecule has 12 heteroatoms. The Morgan fingerprint density at radius 1 is 0.812 bits per heavy atom. The second-order valence-electron chi connectivity index (χ2n) is 7.65. The molecule has 0 aliphatic heterocycles. The molecule has 0 saturated heterocycles. The van der Waals surface area contributed by atoms with Gasteiger partial charge in [-0.3, -0.25) is 19.2 Å². The highest BCUT2D eigenvalue weighted by Gasteiger charge is 2.28. The maximum atomic E-state index is 13.0. The van der Waals surface area contributed by atoms with E-state index >= 15 is 0 Å².